The Morgan fingerprint density at radius 2 is 1.76 bits per heavy atom. The zero-order valence-corrected chi connectivity index (χ0v) is 21.2. The third-order valence-corrected chi connectivity index (χ3v) is 6.81. The minimum atomic E-state index is -1.26. The van der Waals surface area contributed by atoms with Gasteiger partial charge in [0.2, 0.25) is 11.8 Å². The maximum absolute atomic E-state index is 15.3. The van der Waals surface area contributed by atoms with Crippen LogP contribution in [0.5, 0.6) is 5.75 Å². The number of ether oxygens (including phenoxy) is 1. The lowest BCUT2D eigenvalue weighted by Crippen LogP contribution is -2.47. The van der Waals surface area contributed by atoms with Gasteiger partial charge in [-0.15, -0.1) is 5.10 Å². The molecule has 9 heteroatoms. The SMILES string of the molecule is CCOc1ccccc1N(C(=O)Cn1nnc2ccccc21)[C@@H](C(=O)NC1CCCC1)c1ccccc1F. The van der Waals surface area contributed by atoms with Crippen LogP contribution in [0.25, 0.3) is 11.0 Å². The molecule has 4 aromatic rings. The summed E-state index contributed by atoms with van der Waals surface area (Å²) < 4.78 is 22.6. The van der Waals surface area contributed by atoms with Crippen LogP contribution in [0, 0.1) is 5.82 Å². The Hall–Kier alpha value is -4.27. The molecule has 1 atom stereocenters. The lowest BCUT2D eigenvalue weighted by molar-refractivity contribution is -0.127. The molecule has 0 saturated heterocycles. The lowest BCUT2D eigenvalue weighted by Gasteiger charge is -2.33. The molecule has 1 saturated carbocycles. The van der Waals surface area contributed by atoms with E-state index >= 15 is 4.39 Å². The van der Waals surface area contributed by atoms with Crippen molar-refractivity contribution >= 4 is 28.5 Å². The molecule has 1 heterocycles. The Kier molecular flexibility index (Phi) is 7.62. The third kappa shape index (κ3) is 5.22. The van der Waals surface area contributed by atoms with Crippen molar-refractivity contribution in [2.24, 2.45) is 0 Å². The van der Waals surface area contributed by atoms with Crippen LogP contribution in [0.15, 0.2) is 72.8 Å². The molecule has 3 aromatic carbocycles. The van der Waals surface area contributed by atoms with E-state index in [0.29, 0.717) is 29.1 Å². The quantitative estimate of drug-likeness (QED) is 0.346. The van der Waals surface area contributed by atoms with Crippen LogP contribution in [-0.4, -0.2) is 39.5 Å². The van der Waals surface area contributed by atoms with E-state index in [1.807, 2.05) is 31.2 Å². The van der Waals surface area contributed by atoms with Crippen molar-refractivity contribution in [1.29, 1.82) is 0 Å². The van der Waals surface area contributed by atoms with Gasteiger partial charge in [0.15, 0.2) is 0 Å². The van der Waals surface area contributed by atoms with E-state index in [9.17, 15) is 9.59 Å². The molecule has 1 aromatic heterocycles. The molecule has 1 aliphatic carbocycles. The van der Waals surface area contributed by atoms with Crippen molar-refractivity contribution in [3.05, 3.63) is 84.2 Å². The van der Waals surface area contributed by atoms with Gasteiger partial charge in [-0.05, 0) is 50.1 Å². The summed E-state index contributed by atoms with van der Waals surface area (Å²) in [7, 11) is 0. The number of hydrogen-bond acceptors (Lipinski definition) is 5. The second-order valence-electron chi connectivity index (χ2n) is 9.31. The Balaban J connectivity index is 1.62. The van der Waals surface area contributed by atoms with E-state index in [1.165, 1.54) is 15.6 Å². The first-order chi connectivity index (χ1) is 18.6. The fraction of sp³-hybridized carbons (Fsp3) is 0.310. The zero-order chi connectivity index (χ0) is 26.5. The predicted octanol–water partition coefficient (Wildman–Crippen LogP) is 4.80. The number of nitrogens with zero attached hydrogens (tertiary/aromatic N) is 4. The van der Waals surface area contributed by atoms with Gasteiger partial charge in [0.05, 0.1) is 17.8 Å². The number of carbonyl (C=O) groups is 2. The fourth-order valence-corrected chi connectivity index (χ4v) is 5.03. The summed E-state index contributed by atoms with van der Waals surface area (Å²) in [4.78, 5) is 29.4. The highest BCUT2D eigenvalue weighted by Gasteiger charge is 2.37. The molecule has 2 amide bonds. The number of fused-ring (bicyclic) bond motifs is 1. The molecule has 0 aliphatic heterocycles. The molecule has 1 N–H and O–H groups in total. The van der Waals surface area contributed by atoms with Gasteiger partial charge in [0.1, 0.15) is 29.7 Å². The van der Waals surface area contributed by atoms with Crippen LogP contribution in [0.4, 0.5) is 10.1 Å². The van der Waals surface area contributed by atoms with Crippen molar-refractivity contribution in [1.82, 2.24) is 20.3 Å². The summed E-state index contributed by atoms with van der Waals surface area (Å²) in [5, 5.41) is 11.4. The van der Waals surface area contributed by atoms with Crippen LogP contribution in [0.3, 0.4) is 0 Å². The van der Waals surface area contributed by atoms with Crippen LogP contribution >= 0.6 is 0 Å². The average molecular weight is 516 g/mol. The molecule has 1 aliphatic rings. The standard InChI is InChI=1S/C29H30FN5O3/c1-2-38-26-18-10-9-17-25(26)35(27(36)19-34-24-16-8-7-15-23(24)32-33-34)28(21-13-5-6-14-22(21)30)29(37)31-20-11-3-4-12-20/h5-10,13-18,20,28H,2-4,11-12,19H2,1H3,(H,31,37)/t28-/m1/s1. The Labute approximate surface area is 220 Å². The van der Waals surface area contributed by atoms with Crippen molar-refractivity contribution in [2.45, 2.75) is 51.2 Å². The number of hydrogen-bond donors (Lipinski definition) is 1. The van der Waals surface area contributed by atoms with E-state index in [0.717, 1.165) is 25.7 Å². The topological polar surface area (TPSA) is 89.3 Å². The first-order valence-corrected chi connectivity index (χ1v) is 12.9. The first kappa shape index (κ1) is 25.4. The van der Waals surface area contributed by atoms with Crippen molar-refractivity contribution in [2.75, 3.05) is 11.5 Å². The van der Waals surface area contributed by atoms with Crippen LogP contribution in [-0.2, 0) is 16.1 Å². The molecule has 5 rings (SSSR count). The second kappa shape index (κ2) is 11.4. The molecule has 1 fully saturated rings. The van der Waals surface area contributed by atoms with Gasteiger partial charge in [0, 0.05) is 11.6 Å². The molecule has 8 nitrogen and oxygen atoms in total. The first-order valence-electron chi connectivity index (χ1n) is 12.9. The van der Waals surface area contributed by atoms with Gasteiger partial charge >= 0.3 is 0 Å². The number of benzene rings is 3. The Morgan fingerprint density at radius 1 is 1.05 bits per heavy atom. The number of amides is 2. The van der Waals surface area contributed by atoms with Crippen LogP contribution < -0.4 is 15.0 Å². The third-order valence-electron chi connectivity index (χ3n) is 6.81. The Bertz CT molecular complexity index is 1430. The molecular weight excluding hydrogens is 485 g/mol. The summed E-state index contributed by atoms with van der Waals surface area (Å²) in [5.74, 6) is -1.05. The number of para-hydroxylation sites is 3. The summed E-state index contributed by atoms with van der Waals surface area (Å²) in [6.45, 7) is 1.99. The van der Waals surface area contributed by atoms with E-state index in [4.69, 9.17) is 4.74 Å². The predicted molar refractivity (Wildman–Crippen MR) is 142 cm³/mol. The Morgan fingerprint density at radius 3 is 2.55 bits per heavy atom. The van der Waals surface area contributed by atoms with Crippen molar-refractivity contribution in [3.63, 3.8) is 0 Å². The van der Waals surface area contributed by atoms with Gasteiger partial charge in [-0.3, -0.25) is 14.5 Å². The van der Waals surface area contributed by atoms with E-state index < -0.39 is 23.7 Å². The molecule has 0 radical (unpaired) electrons. The lowest BCUT2D eigenvalue weighted by atomic mass is 10.0. The van der Waals surface area contributed by atoms with E-state index in [-0.39, 0.29) is 18.2 Å². The summed E-state index contributed by atoms with van der Waals surface area (Å²) in [6.07, 6.45) is 3.74. The smallest absolute Gasteiger partial charge is 0.249 e. The minimum Gasteiger partial charge on any atom is -0.492 e. The zero-order valence-electron chi connectivity index (χ0n) is 21.2. The summed E-state index contributed by atoms with van der Waals surface area (Å²) in [5.41, 5.74) is 1.80. The van der Waals surface area contributed by atoms with Gasteiger partial charge < -0.3 is 10.1 Å². The normalized spacial score (nSPS) is 14.4. The maximum Gasteiger partial charge on any atom is 0.249 e. The average Bonchev–Trinajstić information content (AvgIpc) is 3.59. The largest absolute Gasteiger partial charge is 0.492 e. The van der Waals surface area contributed by atoms with Gasteiger partial charge in [0.25, 0.3) is 0 Å². The number of rotatable bonds is 9. The molecule has 0 unspecified atom stereocenters. The number of nitrogens with one attached hydrogen (secondary N) is 1. The molecule has 196 valence electrons. The van der Waals surface area contributed by atoms with Crippen molar-refractivity contribution < 1.29 is 18.7 Å². The minimum absolute atomic E-state index is 0.0184. The summed E-state index contributed by atoms with van der Waals surface area (Å²) >= 11 is 0. The van der Waals surface area contributed by atoms with Crippen LogP contribution in [0.2, 0.25) is 0 Å². The highest BCUT2D eigenvalue weighted by atomic mass is 19.1. The number of carbonyl (C=O) groups excluding carboxylic acids is 2. The molecule has 0 spiro atoms. The van der Waals surface area contributed by atoms with Crippen LogP contribution in [0.1, 0.15) is 44.2 Å². The van der Waals surface area contributed by atoms with Crippen molar-refractivity contribution in [3.8, 4) is 5.75 Å². The van der Waals surface area contributed by atoms with Gasteiger partial charge in [-0.2, -0.15) is 0 Å². The van der Waals surface area contributed by atoms with E-state index in [1.54, 1.807) is 42.5 Å². The highest BCUT2D eigenvalue weighted by Crippen LogP contribution is 2.36. The highest BCUT2D eigenvalue weighted by molar-refractivity contribution is 6.02. The monoisotopic (exact) mass is 515 g/mol. The van der Waals surface area contributed by atoms with Gasteiger partial charge in [-0.1, -0.05) is 60.5 Å². The molecule has 38 heavy (non-hydrogen) atoms. The maximum atomic E-state index is 15.3. The second-order valence-corrected chi connectivity index (χ2v) is 9.31. The van der Waals surface area contributed by atoms with E-state index in [2.05, 4.69) is 15.6 Å². The number of aromatic nitrogens is 3. The number of anilines is 1. The number of halogens is 1. The molecule has 0 bridgehead atoms. The molecular formula is C29H30FN5O3. The summed E-state index contributed by atoms with van der Waals surface area (Å²) in [6, 6.07) is 19.1. The fourth-order valence-electron chi connectivity index (χ4n) is 5.03. The van der Waals surface area contributed by atoms with Gasteiger partial charge in [-0.25, -0.2) is 9.07 Å².